The van der Waals surface area contributed by atoms with Crippen LogP contribution >= 0.6 is 0 Å². The van der Waals surface area contributed by atoms with E-state index in [0.717, 1.165) is 37.3 Å². The van der Waals surface area contributed by atoms with E-state index in [1.54, 1.807) is 6.20 Å². The summed E-state index contributed by atoms with van der Waals surface area (Å²) in [6.45, 7) is 0.728. The number of rotatable bonds is 4. The third kappa shape index (κ3) is 3.32. The predicted molar refractivity (Wildman–Crippen MR) is 77.2 cm³/mol. The molecule has 2 aromatic rings. The van der Waals surface area contributed by atoms with Crippen molar-refractivity contribution in [3.05, 3.63) is 53.6 Å². The van der Waals surface area contributed by atoms with Gasteiger partial charge in [-0.05, 0) is 30.5 Å². The molecule has 1 N–H and O–H groups in total. The van der Waals surface area contributed by atoms with Crippen molar-refractivity contribution >= 4 is 5.91 Å². The minimum atomic E-state index is -0.877. The maximum absolute atomic E-state index is 13.1. The second-order valence-electron chi connectivity index (χ2n) is 5.55. The molecule has 4 nitrogen and oxygen atoms in total. The number of hydrogen-bond donors (Lipinski definition) is 1. The molecule has 22 heavy (non-hydrogen) atoms. The molecular formula is C16H17F2N3O. The highest BCUT2D eigenvalue weighted by atomic mass is 19.2. The van der Waals surface area contributed by atoms with E-state index < -0.39 is 11.6 Å². The van der Waals surface area contributed by atoms with Crippen LogP contribution in [-0.4, -0.2) is 21.5 Å². The van der Waals surface area contributed by atoms with Gasteiger partial charge in [0, 0.05) is 37.8 Å². The minimum absolute atomic E-state index is 0.0710. The number of halogens is 2. The van der Waals surface area contributed by atoms with Crippen LogP contribution in [0.5, 0.6) is 0 Å². The topological polar surface area (TPSA) is 46.9 Å². The highest BCUT2D eigenvalue weighted by Crippen LogP contribution is 2.14. The van der Waals surface area contributed by atoms with Gasteiger partial charge in [0.2, 0.25) is 5.91 Å². The van der Waals surface area contributed by atoms with Crippen LogP contribution in [0.25, 0.3) is 0 Å². The normalized spacial score (nSPS) is 17.1. The summed E-state index contributed by atoms with van der Waals surface area (Å²) >= 11 is 0. The second kappa shape index (κ2) is 6.25. The van der Waals surface area contributed by atoms with Gasteiger partial charge in [-0.25, -0.2) is 13.8 Å². The first-order chi connectivity index (χ1) is 10.6. The number of hydrogen-bond acceptors (Lipinski definition) is 2. The van der Waals surface area contributed by atoms with E-state index in [0.29, 0.717) is 12.0 Å². The molecule has 0 fully saturated rings. The molecule has 1 aromatic heterocycles. The maximum Gasteiger partial charge on any atom is 0.220 e. The Morgan fingerprint density at radius 3 is 3.05 bits per heavy atom. The number of nitrogens with one attached hydrogen (secondary N) is 1. The average molecular weight is 305 g/mol. The number of fused-ring (bicyclic) bond motifs is 1. The molecule has 2 heterocycles. The molecule has 1 amide bonds. The molecule has 0 saturated heterocycles. The van der Waals surface area contributed by atoms with Gasteiger partial charge in [-0.3, -0.25) is 4.79 Å². The summed E-state index contributed by atoms with van der Waals surface area (Å²) in [5.74, 6) is -0.769. The highest BCUT2D eigenvalue weighted by molar-refractivity contribution is 5.76. The van der Waals surface area contributed by atoms with Crippen molar-refractivity contribution in [1.82, 2.24) is 14.9 Å². The van der Waals surface area contributed by atoms with Gasteiger partial charge in [0.1, 0.15) is 5.82 Å². The van der Waals surface area contributed by atoms with Gasteiger partial charge in [0.15, 0.2) is 11.6 Å². The Bertz CT molecular complexity index is 684. The molecule has 3 rings (SSSR count). The quantitative estimate of drug-likeness (QED) is 0.941. The summed E-state index contributed by atoms with van der Waals surface area (Å²) in [6.07, 6.45) is 6.05. The standard InChI is InChI=1S/C16H17F2N3O/c17-13-4-1-11(9-14(13)18)2-6-16(22)20-12-3-5-15-19-7-8-21(15)10-12/h1,4,7-9,12H,2-3,5-6,10H2,(H,20,22)/t12-/m1/s1. The lowest BCUT2D eigenvalue weighted by molar-refractivity contribution is -0.122. The van der Waals surface area contributed by atoms with Crippen LogP contribution in [-0.2, 0) is 24.2 Å². The van der Waals surface area contributed by atoms with Gasteiger partial charge >= 0.3 is 0 Å². The Labute approximate surface area is 127 Å². The summed E-state index contributed by atoms with van der Waals surface area (Å²) in [6, 6.07) is 3.83. The van der Waals surface area contributed by atoms with Crippen molar-refractivity contribution in [2.24, 2.45) is 0 Å². The number of amides is 1. The minimum Gasteiger partial charge on any atom is -0.352 e. The smallest absolute Gasteiger partial charge is 0.220 e. The zero-order valence-corrected chi connectivity index (χ0v) is 12.1. The maximum atomic E-state index is 13.1. The third-order valence-corrected chi connectivity index (χ3v) is 3.93. The van der Waals surface area contributed by atoms with Gasteiger partial charge in [-0.15, -0.1) is 0 Å². The summed E-state index contributed by atoms with van der Waals surface area (Å²) in [5, 5.41) is 2.99. The fraction of sp³-hybridized carbons (Fsp3) is 0.375. The summed E-state index contributed by atoms with van der Waals surface area (Å²) in [7, 11) is 0. The molecule has 0 spiro atoms. The molecule has 0 unspecified atom stereocenters. The van der Waals surface area contributed by atoms with E-state index in [9.17, 15) is 13.6 Å². The summed E-state index contributed by atoms with van der Waals surface area (Å²) in [5.41, 5.74) is 0.620. The average Bonchev–Trinajstić information content (AvgIpc) is 2.96. The molecular weight excluding hydrogens is 288 g/mol. The molecule has 0 bridgehead atoms. The van der Waals surface area contributed by atoms with Gasteiger partial charge in [0.25, 0.3) is 0 Å². The van der Waals surface area contributed by atoms with Crippen LogP contribution in [0.4, 0.5) is 8.78 Å². The summed E-state index contributed by atoms with van der Waals surface area (Å²) in [4.78, 5) is 16.2. The zero-order valence-electron chi connectivity index (χ0n) is 12.1. The van der Waals surface area contributed by atoms with Gasteiger partial charge < -0.3 is 9.88 Å². The van der Waals surface area contributed by atoms with Gasteiger partial charge in [0.05, 0.1) is 0 Å². The molecule has 6 heteroatoms. The Kier molecular flexibility index (Phi) is 4.18. The van der Waals surface area contributed by atoms with E-state index in [1.807, 2.05) is 10.8 Å². The lowest BCUT2D eigenvalue weighted by Crippen LogP contribution is -2.40. The molecule has 0 aliphatic carbocycles. The van der Waals surface area contributed by atoms with Crippen molar-refractivity contribution in [2.45, 2.75) is 38.3 Å². The molecule has 1 aliphatic rings. The SMILES string of the molecule is O=C(CCc1ccc(F)c(F)c1)N[C@@H]1CCc2nccn2C1. The number of aryl methyl sites for hydroxylation is 2. The lowest BCUT2D eigenvalue weighted by atomic mass is 10.1. The third-order valence-electron chi connectivity index (χ3n) is 3.93. The number of nitrogens with zero attached hydrogens (tertiary/aromatic N) is 2. The van der Waals surface area contributed by atoms with Crippen molar-refractivity contribution in [1.29, 1.82) is 0 Å². The van der Waals surface area contributed by atoms with E-state index in [-0.39, 0.29) is 18.4 Å². The van der Waals surface area contributed by atoms with E-state index in [4.69, 9.17) is 0 Å². The first kappa shape index (κ1) is 14.7. The molecule has 1 atom stereocenters. The van der Waals surface area contributed by atoms with Crippen molar-refractivity contribution < 1.29 is 13.6 Å². The fourth-order valence-electron chi connectivity index (χ4n) is 2.74. The van der Waals surface area contributed by atoms with Crippen LogP contribution in [0.1, 0.15) is 24.2 Å². The van der Waals surface area contributed by atoms with Crippen LogP contribution in [0.2, 0.25) is 0 Å². The Hall–Kier alpha value is -2.24. The lowest BCUT2D eigenvalue weighted by Gasteiger charge is -2.24. The van der Waals surface area contributed by atoms with Crippen LogP contribution < -0.4 is 5.32 Å². The Balaban J connectivity index is 1.50. The van der Waals surface area contributed by atoms with Crippen molar-refractivity contribution in [2.75, 3.05) is 0 Å². The number of carbonyl (C=O) groups is 1. The molecule has 116 valence electrons. The van der Waals surface area contributed by atoms with E-state index >= 15 is 0 Å². The number of carbonyl (C=O) groups excluding carboxylic acids is 1. The van der Waals surface area contributed by atoms with Gasteiger partial charge in [-0.2, -0.15) is 0 Å². The first-order valence-corrected chi connectivity index (χ1v) is 7.35. The number of imidazole rings is 1. The number of benzene rings is 1. The molecule has 1 aromatic carbocycles. The highest BCUT2D eigenvalue weighted by Gasteiger charge is 2.20. The Morgan fingerprint density at radius 2 is 2.23 bits per heavy atom. The van der Waals surface area contributed by atoms with Crippen molar-refractivity contribution in [3.63, 3.8) is 0 Å². The Morgan fingerprint density at radius 1 is 1.36 bits per heavy atom. The fourth-order valence-corrected chi connectivity index (χ4v) is 2.74. The second-order valence-corrected chi connectivity index (χ2v) is 5.55. The van der Waals surface area contributed by atoms with Gasteiger partial charge in [-0.1, -0.05) is 6.07 Å². The van der Waals surface area contributed by atoms with E-state index in [1.165, 1.54) is 6.07 Å². The monoisotopic (exact) mass is 305 g/mol. The van der Waals surface area contributed by atoms with Crippen LogP contribution in [0.3, 0.4) is 0 Å². The van der Waals surface area contributed by atoms with E-state index in [2.05, 4.69) is 10.3 Å². The van der Waals surface area contributed by atoms with Crippen LogP contribution in [0.15, 0.2) is 30.6 Å². The predicted octanol–water partition coefficient (Wildman–Crippen LogP) is 2.23. The number of aromatic nitrogens is 2. The molecule has 1 aliphatic heterocycles. The molecule has 0 saturated carbocycles. The largest absolute Gasteiger partial charge is 0.352 e. The van der Waals surface area contributed by atoms with Crippen molar-refractivity contribution in [3.8, 4) is 0 Å². The summed E-state index contributed by atoms with van der Waals surface area (Å²) < 4.78 is 28.0. The molecule has 0 radical (unpaired) electrons. The zero-order chi connectivity index (χ0) is 15.5. The first-order valence-electron chi connectivity index (χ1n) is 7.35. The van der Waals surface area contributed by atoms with Crippen LogP contribution in [0, 0.1) is 11.6 Å².